The van der Waals surface area contributed by atoms with Crippen molar-refractivity contribution in [3.63, 3.8) is 0 Å². The molecular formula is C20H34N2. The van der Waals surface area contributed by atoms with E-state index in [-0.39, 0.29) is 0 Å². The molecule has 124 valence electrons. The molecule has 0 aromatic heterocycles. The van der Waals surface area contributed by atoms with Crippen molar-refractivity contribution in [3.05, 3.63) is 0 Å². The summed E-state index contributed by atoms with van der Waals surface area (Å²) in [5, 5.41) is 3.91. The van der Waals surface area contributed by atoms with Gasteiger partial charge < -0.3 is 5.84 Å². The predicted molar refractivity (Wildman–Crippen MR) is 92.5 cm³/mol. The zero-order valence-corrected chi connectivity index (χ0v) is 14.6. The lowest BCUT2D eigenvalue weighted by Crippen LogP contribution is -2.52. The molecule has 0 heterocycles. The van der Waals surface area contributed by atoms with E-state index >= 15 is 0 Å². The summed E-state index contributed by atoms with van der Waals surface area (Å²) in [4.78, 5) is 0. The lowest BCUT2D eigenvalue weighted by atomic mass is 9.45. The van der Waals surface area contributed by atoms with Gasteiger partial charge in [0.05, 0.1) is 0 Å². The number of rotatable bonds is 1. The average Bonchev–Trinajstić information content (AvgIpc) is 2.84. The smallest absolute Gasteiger partial charge is 0.0276 e. The van der Waals surface area contributed by atoms with Crippen LogP contribution >= 0.6 is 0 Å². The second-order valence-corrected chi connectivity index (χ2v) is 9.43. The highest BCUT2D eigenvalue weighted by Crippen LogP contribution is 2.67. The Morgan fingerprint density at radius 3 is 2.50 bits per heavy atom. The van der Waals surface area contributed by atoms with Crippen LogP contribution in [-0.2, 0) is 0 Å². The molecule has 4 fully saturated rings. The fourth-order valence-electron chi connectivity index (χ4n) is 7.68. The lowest BCUT2D eigenvalue weighted by molar-refractivity contribution is -0.106. The molecular weight excluding hydrogens is 268 g/mol. The third-order valence-electron chi connectivity index (χ3n) is 8.92. The standard InChI is InChI=1S/C20H34N2/c1-19-11-4-3-5-14(19)6-8-16-17-9-7-15(13-22-21)20(17,2)12-10-18(16)19/h13-18H,3-12,21H2,1-2H3/t14-,15+,16-,17-,18-,19-,20+/m0/s1. The van der Waals surface area contributed by atoms with E-state index in [9.17, 15) is 0 Å². The number of hydrazone groups is 1. The zero-order valence-electron chi connectivity index (χ0n) is 14.6. The normalized spacial score (nSPS) is 54.7. The molecule has 0 bridgehead atoms. The SMILES string of the molecule is C[C@]12CCCC[C@H]1CC[C@@H]1[C@@H]2CC[C@]2(C)[C@@H](C=NN)CC[C@@H]12. The Bertz CT molecular complexity index is 459. The molecule has 0 aromatic rings. The van der Waals surface area contributed by atoms with Gasteiger partial charge in [-0.15, -0.1) is 0 Å². The summed E-state index contributed by atoms with van der Waals surface area (Å²) in [7, 11) is 0. The first-order chi connectivity index (χ1) is 10.6. The average molecular weight is 303 g/mol. The van der Waals surface area contributed by atoms with Gasteiger partial charge in [0, 0.05) is 12.1 Å². The lowest BCUT2D eigenvalue weighted by Gasteiger charge is -2.60. The Morgan fingerprint density at radius 2 is 1.68 bits per heavy atom. The summed E-state index contributed by atoms with van der Waals surface area (Å²) in [6, 6.07) is 0. The van der Waals surface area contributed by atoms with Crippen LogP contribution in [0.1, 0.15) is 78.1 Å². The molecule has 2 nitrogen and oxygen atoms in total. The number of hydrogen-bond donors (Lipinski definition) is 1. The largest absolute Gasteiger partial charge is 0.324 e. The van der Waals surface area contributed by atoms with E-state index < -0.39 is 0 Å². The molecule has 4 rings (SSSR count). The van der Waals surface area contributed by atoms with E-state index in [1.54, 1.807) is 0 Å². The Kier molecular flexibility index (Phi) is 3.58. The first kappa shape index (κ1) is 15.0. The van der Waals surface area contributed by atoms with Crippen molar-refractivity contribution in [1.29, 1.82) is 0 Å². The van der Waals surface area contributed by atoms with Crippen LogP contribution < -0.4 is 5.84 Å². The molecule has 2 heteroatoms. The van der Waals surface area contributed by atoms with Gasteiger partial charge in [-0.2, -0.15) is 5.10 Å². The second-order valence-electron chi connectivity index (χ2n) is 9.43. The minimum Gasteiger partial charge on any atom is -0.324 e. The quantitative estimate of drug-likeness (QED) is 0.414. The molecule has 0 saturated heterocycles. The summed E-state index contributed by atoms with van der Waals surface area (Å²) in [5.74, 6) is 10.1. The molecule has 22 heavy (non-hydrogen) atoms. The maximum absolute atomic E-state index is 5.50. The topological polar surface area (TPSA) is 38.4 Å². The summed E-state index contributed by atoms with van der Waals surface area (Å²) in [6.07, 6.45) is 16.7. The van der Waals surface area contributed by atoms with Crippen molar-refractivity contribution >= 4 is 6.21 Å². The molecule has 0 spiro atoms. The maximum atomic E-state index is 5.50. The van der Waals surface area contributed by atoms with Gasteiger partial charge in [-0.05, 0) is 85.9 Å². The van der Waals surface area contributed by atoms with Gasteiger partial charge in [0.2, 0.25) is 0 Å². The number of nitrogens with zero attached hydrogens (tertiary/aromatic N) is 1. The van der Waals surface area contributed by atoms with Crippen molar-refractivity contribution in [3.8, 4) is 0 Å². The van der Waals surface area contributed by atoms with E-state index in [2.05, 4.69) is 25.2 Å². The van der Waals surface area contributed by atoms with Crippen molar-refractivity contribution in [2.45, 2.75) is 78.1 Å². The first-order valence-electron chi connectivity index (χ1n) is 9.83. The van der Waals surface area contributed by atoms with E-state index in [1.165, 1.54) is 64.2 Å². The van der Waals surface area contributed by atoms with Crippen LogP contribution in [0, 0.1) is 40.4 Å². The van der Waals surface area contributed by atoms with Gasteiger partial charge in [0.15, 0.2) is 0 Å². The molecule has 4 aliphatic rings. The van der Waals surface area contributed by atoms with E-state index in [1.807, 2.05) is 0 Å². The zero-order chi connectivity index (χ0) is 15.4. The molecule has 2 N–H and O–H groups in total. The van der Waals surface area contributed by atoms with Crippen LogP contribution in [-0.4, -0.2) is 6.21 Å². The molecule has 0 aliphatic heterocycles. The molecule has 0 radical (unpaired) electrons. The number of nitrogens with two attached hydrogens (primary N) is 1. The summed E-state index contributed by atoms with van der Waals surface area (Å²) in [6.45, 7) is 5.23. The van der Waals surface area contributed by atoms with Gasteiger partial charge in [-0.3, -0.25) is 0 Å². The minimum absolute atomic E-state index is 0.488. The van der Waals surface area contributed by atoms with E-state index in [4.69, 9.17) is 5.84 Å². The van der Waals surface area contributed by atoms with Crippen molar-refractivity contribution < 1.29 is 0 Å². The monoisotopic (exact) mass is 302 g/mol. The minimum atomic E-state index is 0.488. The Labute approximate surface area is 136 Å². The molecule has 7 atom stereocenters. The van der Waals surface area contributed by atoms with Crippen LogP contribution in [0.5, 0.6) is 0 Å². The Hall–Kier alpha value is -0.530. The molecule has 0 amide bonds. The van der Waals surface area contributed by atoms with Crippen LogP contribution in [0.15, 0.2) is 5.10 Å². The van der Waals surface area contributed by atoms with Crippen molar-refractivity contribution in [1.82, 2.24) is 0 Å². The number of hydrogen-bond acceptors (Lipinski definition) is 2. The molecule has 4 saturated carbocycles. The van der Waals surface area contributed by atoms with Gasteiger partial charge >= 0.3 is 0 Å². The predicted octanol–water partition coefficient (Wildman–Crippen LogP) is 4.98. The molecule has 0 aromatic carbocycles. The number of fused-ring (bicyclic) bond motifs is 5. The second kappa shape index (κ2) is 5.24. The molecule has 0 unspecified atom stereocenters. The van der Waals surface area contributed by atoms with Gasteiger partial charge in [-0.1, -0.05) is 26.7 Å². The summed E-state index contributed by atoms with van der Waals surface area (Å²) in [5.41, 5.74) is 1.16. The van der Waals surface area contributed by atoms with Crippen LogP contribution in [0.4, 0.5) is 0 Å². The van der Waals surface area contributed by atoms with Crippen LogP contribution in [0.2, 0.25) is 0 Å². The van der Waals surface area contributed by atoms with Crippen LogP contribution in [0.3, 0.4) is 0 Å². The first-order valence-corrected chi connectivity index (χ1v) is 9.83. The Morgan fingerprint density at radius 1 is 0.864 bits per heavy atom. The highest BCUT2D eigenvalue weighted by molar-refractivity contribution is 5.62. The highest BCUT2D eigenvalue weighted by atomic mass is 15.1. The van der Waals surface area contributed by atoms with E-state index in [0.29, 0.717) is 16.7 Å². The van der Waals surface area contributed by atoms with Gasteiger partial charge in [-0.25, -0.2) is 0 Å². The third-order valence-corrected chi connectivity index (χ3v) is 8.92. The summed E-state index contributed by atoms with van der Waals surface area (Å²) < 4.78 is 0. The third kappa shape index (κ3) is 1.94. The highest BCUT2D eigenvalue weighted by Gasteiger charge is 2.59. The van der Waals surface area contributed by atoms with Gasteiger partial charge in [0.1, 0.15) is 0 Å². The van der Waals surface area contributed by atoms with Crippen LogP contribution in [0.25, 0.3) is 0 Å². The maximum Gasteiger partial charge on any atom is 0.0276 e. The fourth-order valence-corrected chi connectivity index (χ4v) is 7.68. The van der Waals surface area contributed by atoms with E-state index in [0.717, 1.165) is 23.7 Å². The molecule has 4 aliphatic carbocycles. The Balaban J connectivity index is 1.62. The van der Waals surface area contributed by atoms with Gasteiger partial charge in [0.25, 0.3) is 0 Å². The fraction of sp³-hybridized carbons (Fsp3) is 0.950. The van der Waals surface area contributed by atoms with Crippen molar-refractivity contribution in [2.75, 3.05) is 0 Å². The summed E-state index contributed by atoms with van der Waals surface area (Å²) >= 11 is 0. The van der Waals surface area contributed by atoms with Crippen molar-refractivity contribution in [2.24, 2.45) is 51.4 Å².